The fourth-order valence-electron chi connectivity index (χ4n) is 0. The second kappa shape index (κ2) is 15.6. The standard InChI is InChI=1S/Al.Na.H2O3Si.H2S.4H/c;;1-4(2)3;;;;;/h;;1-2H;1H2;;;;/q;+1;;;;;;-1. The van der Waals surface area contributed by atoms with Crippen LogP contribution in [0.3, 0.4) is 0 Å². The van der Waals surface area contributed by atoms with E-state index in [9.17, 15) is 0 Å². The van der Waals surface area contributed by atoms with Gasteiger partial charge in [-0.15, -0.1) is 0 Å². The summed E-state index contributed by atoms with van der Waals surface area (Å²) in [5.41, 5.74) is 0. The van der Waals surface area contributed by atoms with Gasteiger partial charge in [0.2, 0.25) is 0 Å². The third-order valence-electron chi connectivity index (χ3n) is 0. The SMILES string of the molecule is O=[Si](O)O.S.[AlH3].[H-].[Na+]. The van der Waals surface area contributed by atoms with Gasteiger partial charge >= 0.3 is 38.7 Å². The molecule has 3 nitrogen and oxygen atoms in total. The molecule has 0 aliphatic heterocycles. The molecule has 0 saturated carbocycles. The fourth-order valence-corrected chi connectivity index (χ4v) is 0. The molecule has 0 radical (unpaired) electrons. The Morgan fingerprint density at radius 2 is 1.43 bits per heavy atom. The van der Waals surface area contributed by atoms with Crippen molar-refractivity contribution in [1.29, 1.82) is 0 Å². The molecule has 0 aromatic carbocycles. The van der Waals surface area contributed by atoms with E-state index in [1.54, 1.807) is 0 Å². The molecule has 0 aliphatic carbocycles. The van der Waals surface area contributed by atoms with Gasteiger partial charge in [0, 0.05) is 0 Å². The molecular weight excluding hydrogens is 158 g/mol. The van der Waals surface area contributed by atoms with Crippen LogP contribution in [0.5, 0.6) is 0 Å². The molecule has 0 aliphatic rings. The van der Waals surface area contributed by atoms with Crippen LogP contribution in [0.25, 0.3) is 0 Å². The van der Waals surface area contributed by atoms with E-state index in [-0.39, 0.29) is 61.8 Å². The van der Waals surface area contributed by atoms with Crippen LogP contribution in [-0.4, -0.2) is 36.1 Å². The topological polar surface area (TPSA) is 57.5 Å². The minimum absolute atomic E-state index is 0. The first-order valence-corrected chi connectivity index (χ1v) is 1.95. The van der Waals surface area contributed by atoms with Crippen molar-refractivity contribution in [2.75, 3.05) is 0 Å². The molecule has 0 bridgehead atoms. The summed E-state index contributed by atoms with van der Waals surface area (Å²) in [6.45, 7) is 0. The second-order valence-electron chi connectivity index (χ2n) is 0.283. The Bertz CT molecular complexity index is 42.3. The summed E-state index contributed by atoms with van der Waals surface area (Å²) in [5.74, 6) is 0. The predicted octanol–water partition coefficient (Wildman–Crippen LogP) is -5.57. The van der Waals surface area contributed by atoms with E-state index in [0.29, 0.717) is 0 Å². The van der Waals surface area contributed by atoms with E-state index in [1.165, 1.54) is 0 Å². The van der Waals surface area contributed by atoms with Gasteiger partial charge in [-0.25, -0.2) is 0 Å². The summed E-state index contributed by atoms with van der Waals surface area (Å²) >= 11 is 0. The fraction of sp³-hybridized carbons (Fsp3) is 0. The van der Waals surface area contributed by atoms with Crippen molar-refractivity contribution >= 4 is 40.0 Å². The number of hydrogen-bond donors (Lipinski definition) is 2. The molecule has 0 amide bonds. The van der Waals surface area contributed by atoms with Crippen molar-refractivity contribution in [2.45, 2.75) is 0 Å². The average Bonchev–Trinajstić information content (AvgIpc) is 0.811. The summed E-state index contributed by atoms with van der Waals surface area (Å²) in [4.78, 5) is 14.3. The Labute approximate surface area is 84.4 Å². The van der Waals surface area contributed by atoms with Crippen LogP contribution >= 0.6 is 13.5 Å². The molecule has 0 rings (SSSR count). The Morgan fingerprint density at radius 3 is 1.43 bits per heavy atom. The summed E-state index contributed by atoms with van der Waals surface area (Å²) in [7, 11) is -3.13. The quantitative estimate of drug-likeness (QED) is 0.353. The van der Waals surface area contributed by atoms with Gasteiger partial charge in [0.05, 0.1) is 0 Å². The molecule has 7 heavy (non-hydrogen) atoms. The van der Waals surface area contributed by atoms with Crippen LogP contribution in [0.2, 0.25) is 0 Å². The maximum absolute atomic E-state index is 8.74. The molecule has 0 heterocycles. The minimum atomic E-state index is -3.13. The van der Waals surface area contributed by atoms with E-state index in [2.05, 4.69) is 0 Å². The van der Waals surface area contributed by atoms with Crippen LogP contribution in [0, 0.1) is 0 Å². The zero-order valence-electron chi connectivity index (χ0n) is 4.30. The maximum Gasteiger partial charge on any atom is 1.00 e. The van der Waals surface area contributed by atoms with Crippen LogP contribution < -0.4 is 29.6 Å². The smallest absolute Gasteiger partial charge is 1.00 e. The van der Waals surface area contributed by atoms with Gasteiger partial charge in [-0.2, -0.15) is 13.5 Å². The van der Waals surface area contributed by atoms with Crippen molar-refractivity contribution in [3.63, 3.8) is 0 Å². The van der Waals surface area contributed by atoms with Gasteiger partial charge in [0.15, 0.2) is 17.4 Å². The molecule has 0 saturated heterocycles. The maximum atomic E-state index is 8.74. The number of hydrogen-bond acceptors (Lipinski definition) is 1. The molecule has 0 spiro atoms. The largest absolute Gasteiger partial charge is 1.00 e. The van der Waals surface area contributed by atoms with Gasteiger partial charge in [-0.05, 0) is 0 Å². The van der Waals surface area contributed by atoms with E-state index in [1.807, 2.05) is 0 Å². The van der Waals surface area contributed by atoms with Crippen LogP contribution in [0.1, 0.15) is 1.43 Å². The minimum Gasteiger partial charge on any atom is -1.00 e. The Morgan fingerprint density at radius 1 is 1.43 bits per heavy atom. The molecule has 7 heteroatoms. The molecule has 2 N–H and O–H groups in total. The van der Waals surface area contributed by atoms with Gasteiger partial charge in [0.1, 0.15) is 0 Å². The first-order chi connectivity index (χ1) is 1.73. The molecular formula is H8AlNaO3SSi. The van der Waals surface area contributed by atoms with Crippen molar-refractivity contribution < 1.29 is 45.0 Å². The van der Waals surface area contributed by atoms with E-state index >= 15 is 0 Å². The molecule has 0 aromatic rings. The van der Waals surface area contributed by atoms with Crippen molar-refractivity contribution in [1.82, 2.24) is 0 Å². The van der Waals surface area contributed by atoms with Crippen LogP contribution in [0.15, 0.2) is 0 Å². The molecule has 40 valence electrons. The van der Waals surface area contributed by atoms with E-state index < -0.39 is 9.17 Å². The van der Waals surface area contributed by atoms with Crippen LogP contribution in [-0.2, 0) is 4.46 Å². The van der Waals surface area contributed by atoms with Gasteiger partial charge in [-0.3, -0.25) is 4.46 Å². The molecule has 0 atom stereocenters. The third-order valence-corrected chi connectivity index (χ3v) is 0. The van der Waals surface area contributed by atoms with E-state index in [0.717, 1.165) is 0 Å². The number of rotatable bonds is 0. The van der Waals surface area contributed by atoms with Crippen molar-refractivity contribution in [3.05, 3.63) is 0 Å². The first-order valence-electron chi connectivity index (χ1n) is 0.651. The first kappa shape index (κ1) is 23.6. The Balaban J connectivity index is -0.00000000750. The second-order valence-corrected chi connectivity index (χ2v) is 0.848. The average molecular weight is 166 g/mol. The summed E-state index contributed by atoms with van der Waals surface area (Å²) in [6, 6.07) is 0. The van der Waals surface area contributed by atoms with Gasteiger partial charge < -0.3 is 11.0 Å². The Hall–Kier alpha value is 1.50. The van der Waals surface area contributed by atoms with Crippen molar-refractivity contribution in [3.8, 4) is 0 Å². The van der Waals surface area contributed by atoms with Gasteiger partial charge in [-0.1, -0.05) is 0 Å². The normalized spacial score (nSPS) is 3.43. The third kappa shape index (κ3) is 101. The van der Waals surface area contributed by atoms with Crippen LogP contribution in [0.4, 0.5) is 0 Å². The summed E-state index contributed by atoms with van der Waals surface area (Å²) in [6.07, 6.45) is 0. The monoisotopic (exact) mass is 166 g/mol. The molecule has 0 fully saturated rings. The zero-order valence-corrected chi connectivity index (χ0v) is 7.30. The summed E-state index contributed by atoms with van der Waals surface area (Å²) < 4.78 is 8.74. The van der Waals surface area contributed by atoms with Gasteiger partial charge in [0.25, 0.3) is 0 Å². The van der Waals surface area contributed by atoms with E-state index in [4.69, 9.17) is 14.1 Å². The Kier molecular flexibility index (Phi) is 52.8. The van der Waals surface area contributed by atoms with Crippen molar-refractivity contribution in [2.24, 2.45) is 0 Å². The summed E-state index contributed by atoms with van der Waals surface area (Å²) in [5, 5.41) is 0. The molecule has 0 aromatic heterocycles. The molecule has 0 unspecified atom stereocenters. The zero-order chi connectivity index (χ0) is 3.58. The predicted molar refractivity (Wildman–Crippen MR) is 32.3 cm³/mol.